The summed E-state index contributed by atoms with van der Waals surface area (Å²) in [5, 5.41) is 85.5. The number of nitrogens with zero attached hydrogens (tertiary/aromatic N) is 4. The molecular formula is C30H50Co2N4O24+8. The first-order chi connectivity index (χ1) is 21.8. The van der Waals surface area contributed by atoms with Gasteiger partial charge in [-0.15, -0.1) is 0 Å². The Kier molecular flexibility index (Phi) is 56.0. The summed E-state index contributed by atoms with van der Waals surface area (Å²) in [4.78, 5) is 42.4. The summed E-state index contributed by atoms with van der Waals surface area (Å²) in [5.41, 5.74) is -0.456. The molecule has 32 N–H and O–H groups in total. The number of benzene rings is 1. The van der Waals surface area contributed by atoms with Crippen LogP contribution in [0.3, 0.4) is 0 Å². The van der Waals surface area contributed by atoms with Gasteiger partial charge in [0.2, 0.25) is 0 Å². The van der Waals surface area contributed by atoms with Gasteiger partial charge >= 0.3 is 33.6 Å². The molecule has 0 aliphatic heterocycles. The number of carbonyl (C=O) groups excluding carboxylic acids is 4. The molecule has 5 aromatic rings. The minimum absolute atomic E-state index is 0. The maximum absolute atomic E-state index is 10.8. The zero-order valence-electron chi connectivity index (χ0n) is 30.4. The number of aromatic nitrogens is 4. The maximum atomic E-state index is 10.8. The van der Waals surface area contributed by atoms with Gasteiger partial charge in [-0.2, -0.15) is 18.9 Å². The fraction of sp³-hybridized carbons (Fsp3) is 0. The molecule has 0 unspecified atom stereocenters. The molecule has 0 bridgehead atoms. The predicted octanol–water partition coefficient (Wildman–Crippen LogP) is -14.3. The van der Waals surface area contributed by atoms with Crippen LogP contribution in [0.5, 0.6) is 0 Å². The third-order valence-electron chi connectivity index (χ3n) is 5.91. The van der Waals surface area contributed by atoms with Gasteiger partial charge in [-0.05, 0) is 34.4 Å². The second-order valence-electron chi connectivity index (χ2n) is 8.88. The van der Waals surface area contributed by atoms with E-state index in [0.717, 1.165) is 41.2 Å². The van der Waals surface area contributed by atoms with E-state index in [-0.39, 0.29) is 99.3 Å². The van der Waals surface area contributed by atoms with Crippen LogP contribution in [0.4, 0.5) is 0 Å². The van der Waals surface area contributed by atoms with Gasteiger partial charge in [-0.25, -0.2) is 0 Å². The van der Waals surface area contributed by atoms with Gasteiger partial charge in [0.25, 0.3) is 0 Å². The standard InChI is InChI=1S/2C10H8N2O2.C10H6O8.2Co.12H2O/c2*13-11-5-1-9(2-6-11)10-3-7-12(14)8-4-10;11-7(12)3-1-4(8(13)14)6(10(17)18)2-5(3)9(15)16;;;;;;;;;;;;;;/h2*1-8H;1-2H,(H,11,12)(H,13,14)(H,15,16)(H,17,18);;;12*1H2/q;;;2*+2;;;;;;;;;;;;/p+4. The van der Waals surface area contributed by atoms with Crippen LogP contribution in [-0.4, -0.2) is 45.8 Å². The molecule has 0 fully saturated rings. The number of aromatic carboxylic acids is 4. The smallest absolute Gasteiger partial charge is 0.619 e. The normalized spacial score (nSPS) is 7.60. The van der Waals surface area contributed by atoms with Crippen molar-refractivity contribution in [3.05, 3.63) is 153 Å². The molecule has 5 rings (SSSR count). The van der Waals surface area contributed by atoms with E-state index >= 15 is 0 Å². The Morgan fingerprint density at radius 1 is 0.317 bits per heavy atom. The van der Waals surface area contributed by atoms with Crippen molar-refractivity contribution >= 4 is 23.9 Å². The Bertz CT molecular complexity index is 1620. The molecule has 0 spiro atoms. The maximum Gasteiger partial charge on any atom is 2.00 e. The summed E-state index contributed by atoms with van der Waals surface area (Å²) in [6.45, 7) is 0. The molecule has 4 aromatic heterocycles. The molecule has 0 aliphatic carbocycles. The van der Waals surface area contributed by atoms with E-state index < -0.39 is 46.1 Å². The van der Waals surface area contributed by atoms with Crippen molar-refractivity contribution in [1.29, 1.82) is 0 Å². The van der Waals surface area contributed by atoms with Crippen LogP contribution in [0, 0.1) is 20.8 Å². The average Bonchev–Trinajstić information content (AvgIpc) is 3.02. The molecule has 0 saturated carbocycles. The Balaban J connectivity index is -0.0000000519. The molecular weight excluding hydrogens is 918 g/mol. The molecule has 0 atom stereocenters. The monoisotopic (exact) mass is 968 g/mol. The summed E-state index contributed by atoms with van der Waals surface area (Å²) in [7, 11) is 0. The molecule has 0 aliphatic rings. The van der Waals surface area contributed by atoms with Gasteiger partial charge in [0.05, 0.1) is 23.9 Å². The largest absolute Gasteiger partial charge is 2.00 e. The molecule has 0 saturated heterocycles. The summed E-state index contributed by atoms with van der Waals surface area (Å²) >= 11 is 0. The number of hydrogen-bond acceptors (Lipinski definition) is 12. The van der Waals surface area contributed by atoms with Crippen LogP contribution in [0.15, 0.2) is 110 Å². The van der Waals surface area contributed by atoms with E-state index in [1.807, 2.05) is 0 Å². The van der Waals surface area contributed by atoms with Crippen molar-refractivity contribution in [3.8, 4) is 22.3 Å². The topological polar surface area (TPSA) is 658 Å². The molecule has 30 heteroatoms. The Hall–Kier alpha value is -6.57. The van der Waals surface area contributed by atoms with Gasteiger partial charge in [-0.3, -0.25) is 0 Å². The van der Waals surface area contributed by atoms with E-state index in [9.17, 15) is 60.4 Å². The van der Waals surface area contributed by atoms with E-state index in [1.54, 1.807) is 48.5 Å². The van der Waals surface area contributed by atoms with E-state index in [0.29, 0.717) is 12.1 Å². The molecule has 2 radical (unpaired) electrons. The summed E-state index contributed by atoms with van der Waals surface area (Å²) < 4.78 is 2.89. The Morgan fingerprint density at radius 3 is 0.533 bits per heavy atom. The summed E-state index contributed by atoms with van der Waals surface area (Å²) in [5.74, 6) is -7.99. The minimum Gasteiger partial charge on any atom is -0.619 e. The number of rotatable bonds is 6. The number of carbonyl (C=O) groups is 4. The van der Waals surface area contributed by atoms with E-state index in [4.69, 9.17) is 0 Å². The number of hydrogen-bond donors (Lipinski definition) is 0. The van der Waals surface area contributed by atoms with Gasteiger partial charge < -0.3 is 126 Å². The third kappa shape index (κ3) is 24.3. The van der Waals surface area contributed by atoms with Crippen molar-refractivity contribution in [2.75, 3.05) is 0 Å². The quantitative estimate of drug-likeness (QED) is 0.0870. The van der Waals surface area contributed by atoms with Crippen molar-refractivity contribution in [3.63, 3.8) is 0 Å². The molecule has 344 valence electrons. The van der Waals surface area contributed by atoms with E-state index in [1.165, 1.54) is 49.6 Å². The van der Waals surface area contributed by atoms with Crippen molar-refractivity contribution in [1.82, 2.24) is 0 Å². The zero-order chi connectivity index (χ0) is 34.0. The molecule has 1 aromatic carbocycles. The third-order valence-corrected chi connectivity index (χ3v) is 5.91. The number of carboxylic acids is 4. The van der Waals surface area contributed by atoms with Crippen LogP contribution < -0.4 is 39.3 Å². The van der Waals surface area contributed by atoms with Gasteiger partial charge in [0, 0.05) is 70.8 Å². The minimum atomic E-state index is -2.00. The average molecular weight is 969 g/mol. The fourth-order valence-electron chi connectivity index (χ4n) is 3.70. The van der Waals surface area contributed by atoms with Crippen LogP contribution in [0.1, 0.15) is 41.4 Å². The van der Waals surface area contributed by atoms with Crippen molar-refractivity contribution < 1.29 is 158 Å². The zero-order valence-corrected chi connectivity index (χ0v) is 32.4. The molecule has 28 nitrogen and oxygen atoms in total. The Morgan fingerprint density at radius 2 is 0.433 bits per heavy atom. The van der Waals surface area contributed by atoms with Crippen LogP contribution >= 0.6 is 0 Å². The number of carboxylic acid groups (broad SMARTS) is 4. The summed E-state index contributed by atoms with van der Waals surface area (Å²) in [6.07, 6.45) is 11.4. The van der Waals surface area contributed by atoms with Crippen LogP contribution in [-0.2, 0) is 77.4 Å². The molecule has 0 amide bonds. The fourth-order valence-corrected chi connectivity index (χ4v) is 3.70. The molecule has 4 heterocycles. The van der Waals surface area contributed by atoms with Crippen LogP contribution in [0.25, 0.3) is 22.3 Å². The van der Waals surface area contributed by atoms with Gasteiger partial charge in [0.1, 0.15) is 0 Å². The van der Waals surface area contributed by atoms with Crippen molar-refractivity contribution in [2.24, 2.45) is 0 Å². The van der Waals surface area contributed by atoms with Crippen molar-refractivity contribution in [2.45, 2.75) is 0 Å². The predicted molar refractivity (Wildman–Crippen MR) is 197 cm³/mol. The first-order valence-electron chi connectivity index (χ1n) is 12.6. The number of pyridine rings is 4. The first kappa shape index (κ1) is 85.6. The van der Waals surface area contributed by atoms with Crippen LogP contribution in [0.2, 0.25) is 0 Å². The SMILES string of the molecule is O.O.O.O.O=C([O-])c1cc(C(=O)[O-])c(C(=O)[O-])cc1C(=O)[O-].[Co+2].[Co+2].[O-][n+]1ccc(-c2cc[n+]([O-])cc2)cc1.[O-][n+]1ccc(-c2cc[n+]([O-])cc2)cc1.[OH3+].[OH3+].[OH3+].[OH3+].[OH3+].[OH3+].[OH3+].[OH3+]. The first-order valence-corrected chi connectivity index (χ1v) is 12.6. The second-order valence-corrected chi connectivity index (χ2v) is 8.88. The van der Waals surface area contributed by atoms with E-state index in [2.05, 4.69) is 0 Å². The van der Waals surface area contributed by atoms with Gasteiger partial charge in [0.15, 0.2) is 49.6 Å². The molecule has 60 heavy (non-hydrogen) atoms. The Labute approximate surface area is 356 Å². The summed E-state index contributed by atoms with van der Waals surface area (Å²) in [6, 6.07) is 14.3. The van der Waals surface area contributed by atoms with Gasteiger partial charge in [-0.1, -0.05) is 0 Å². The second kappa shape index (κ2) is 39.3.